The van der Waals surface area contributed by atoms with Gasteiger partial charge in [0.15, 0.2) is 0 Å². The second-order valence-electron chi connectivity index (χ2n) is 8.75. The van der Waals surface area contributed by atoms with E-state index in [1.807, 2.05) is 71.8 Å². The molecule has 0 aromatic rings. The standard InChI is InChI=1S/C24H42N2O5/c1-8-13-19(9-2)18-30-22(28)16-12-15-21(27)20(26(6)7)14-10-11-17-25-23(29)31-24(3,4)5/h8-9,13,20H,10-12,14-18H2,1-7H3,(H,25,29)/b13-8-,19-9+. The van der Waals surface area contributed by atoms with E-state index in [9.17, 15) is 14.4 Å². The molecule has 0 aromatic heterocycles. The SMILES string of the molecule is C/C=C\C(=C/C)COC(=O)CCCC(=O)C(CCCCNC(=O)OC(C)(C)C)N(C)C. The number of rotatable bonds is 14. The number of nitrogens with zero attached hydrogens (tertiary/aromatic N) is 1. The molecule has 1 atom stereocenters. The number of ether oxygens (including phenoxy) is 2. The minimum absolute atomic E-state index is 0.126. The lowest BCUT2D eigenvalue weighted by atomic mass is 10.00. The summed E-state index contributed by atoms with van der Waals surface area (Å²) in [6.07, 6.45) is 8.63. The molecule has 0 heterocycles. The third-order valence-corrected chi connectivity index (χ3v) is 4.52. The van der Waals surface area contributed by atoms with Crippen molar-refractivity contribution in [1.29, 1.82) is 0 Å². The Morgan fingerprint density at radius 3 is 2.26 bits per heavy atom. The average molecular weight is 439 g/mol. The minimum Gasteiger partial charge on any atom is -0.461 e. The molecule has 0 aliphatic heterocycles. The average Bonchev–Trinajstić information content (AvgIpc) is 2.65. The Balaban J connectivity index is 4.19. The number of hydrogen-bond acceptors (Lipinski definition) is 6. The molecule has 0 aliphatic rings. The molecule has 1 N–H and O–H groups in total. The number of carbonyl (C=O) groups excluding carboxylic acids is 3. The van der Waals surface area contributed by atoms with Gasteiger partial charge in [-0.05, 0) is 80.0 Å². The summed E-state index contributed by atoms with van der Waals surface area (Å²) in [6.45, 7) is 10.0. The zero-order chi connectivity index (χ0) is 23.9. The molecule has 0 aliphatic carbocycles. The number of esters is 1. The Morgan fingerprint density at radius 1 is 1.03 bits per heavy atom. The topological polar surface area (TPSA) is 84.9 Å². The van der Waals surface area contributed by atoms with Crippen LogP contribution in [-0.4, -0.2) is 61.6 Å². The first kappa shape index (κ1) is 28.9. The summed E-state index contributed by atoms with van der Waals surface area (Å²) in [5.74, 6) is -0.160. The summed E-state index contributed by atoms with van der Waals surface area (Å²) in [7, 11) is 3.77. The molecule has 0 spiro atoms. The fourth-order valence-corrected chi connectivity index (χ4v) is 2.93. The van der Waals surface area contributed by atoms with Crippen molar-refractivity contribution in [3.05, 3.63) is 23.8 Å². The number of nitrogens with one attached hydrogen (secondary N) is 1. The highest BCUT2D eigenvalue weighted by molar-refractivity contribution is 5.84. The van der Waals surface area contributed by atoms with Gasteiger partial charge in [-0.1, -0.05) is 18.2 Å². The van der Waals surface area contributed by atoms with Gasteiger partial charge in [0, 0.05) is 19.4 Å². The number of unbranched alkanes of at least 4 members (excludes halogenated alkanes) is 1. The van der Waals surface area contributed by atoms with Crippen LogP contribution in [0.15, 0.2) is 23.8 Å². The summed E-state index contributed by atoms with van der Waals surface area (Å²) in [5.41, 5.74) is 0.432. The summed E-state index contributed by atoms with van der Waals surface area (Å²) in [5, 5.41) is 2.73. The van der Waals surface area contributed by atoms with Gasteiger partial charge in [0.05, 0.1) is 6.04 Å². The molecule has 0 saturated carbocycles. The van der Waals surface area contributed by atoms with Crippen molar-refractivity contribution in [2.45, 2.75) is 84.8 Å². The maximum Gasteiger partial charge on any atom is 0.407 e. The molecule has 178 valence electrons. The van der Waals surface area contributed by atoms with Crippen LogP contribution in [0.1, 0.15) is 73.1 Å². The van der Waals surface area contributed by atoms with E-state index in [-0.39, 0.29) is 30.8 Å². The largest absolute Gasteiger partial charge is 0.461 e. The number of hydrogen-bond donors (Lipinski definition) is 1. The molecule has 7 nitrogen and oxygen atoms in total. The van der Waals surface area contributed by atoms with E-state index in [0.29, 0.717) is 25.8 Å². The molecule has 1 amide bonds. The normalized spacial score (nSPS) is 13.4. The van der Waals surface area contributed by atoms with Gasteiger partial charge in [-0.3, -0.25) is 14.5 Å². The van der Waals surface area contributed by atoms with Gasteiger partial charge in [-0.15, -0.1) is 0 Å². The van der Waals surface area contributed by atoms with E-state index in [2.05, 4.69) is 5.32 Å². The molecule has 0 rings (SSSR count). The highest BCUT2D eigenvalue weighted by Gasteiger charge is 2.20. The molecule has 0 fully saturated rings. The van der Waals surface area contributed by atoms with E-state index in [0.717, 1.165) is 18.4 Å². The van der Waals surface area contributed by atoms with E-state index in [1.165, 1.54) is 0 Å². The molecule has 0 aromatic carbocycles. The molecule has 0 bridgehead atoms. The number of alkyl carbamates (subject to hydrolysis) is 1. The van der Waals surface area contributed by atoms with E-state index in [1.54, 1.807) is 0 Å². The summed E-state index contributed by atoms with van der Waals surface area (Å²) in [6, 6.07) is -0.193. The molecular formula is C24H42N2O5. The number of amides is 1. The molecule has 0 saturated heterocycles. The van der Waals surface area contributed by atoms with Crippen LogP contribution >= 0.6 is 0 Å². The van der Waals surface area contributed by atoms with Crippen LogP contribution in [0.2, 0.25) is 0 Å². The van der Waals surface area contributed by atoms with E-state index in [4.69, 9.17) is 9.47 Å². The van der Waals surface area contributed by atoms with Gasteiger partial charge in [0.1, 0.15) is 18.0 Å². The van der Waals surface area contributed by atoms with Crippen molar-refractivity contribution in [1.82, 2.24) is 10.2 Å². The van der Waals surface area contributed by atoms with Gasteiger partial charge >= 0.3 is 12.1 Å². The lowest BCUT2D eigenvalue weighted by molar-refractivity contribution is -0.142. The van der Waals surface area contributed by atoms with Crippen molar-refractivity contribution in [2.24, 2.45) is 0 Å². The number of likely N-dealkylation sites (N-methyl/N-ethyl adjacent to an activating group) is 1. The van der Waals surface area contributed by atoms with Gasteiger partial charge < -0.3 is 14.8 Å². The number of Topliss-reactive ketones (excluding diaryl/α,β-unsaturated/α-hetero) is 1. The monoisotopic (exact) mass is 438 g/mol. The maximum absolute atomic E-state index is 12.6. The van der Waals surface area contributed by atoms with E-state index >= 15 is 0 Å². The summed E-state index contributed by atoms with van der Waals surface area (Å²) in [4.78, 5) is 38.0. The third kappa shape index (κ3) is 15.3. The van der Waals surface area contributed by atoms with Crippen LogP contribution in [0.5, 0.6) is 0 Å². The van der Waals surface area contributed by atoms with Gasteiger partial charge in [0.25, 0.3) is 0 Å². The lowest BCUT2D eigenvalue weighted by Crippen LogP contribution is -2.36. The van der Waals surface area contributed by atoms with E-state index < -0.39 is 11.7 Å². The quantitative estimate of drug-likeness (QED) is 0.246. The molecule has 0 radical (unpaired) electrons. The Kier molecular flexibility index (Phi) is 14.5. The maximum atomic E-state index is 12.6. The highest BCUT2D eigenvalue weighted by Crippen LogP contribution is 2.12. The van der Waals surface area contributed by atoms with Crippen LogP contribution in [0, 0.1) is 0 Å². The lowest BCUT2D eigenvalue weighted by Gasteiger charge is -2.23. The zero-order valence-corrected chi connectivity index (χ0v) is 20.5. The van der Waals surface area contributed by atoms with Gasteiger partial charge in [0.2, 0.25) is 0 Å². The summed E-state index contributed by atoms with van der Waals surface area (Å²) < 4.78 is 10.5. The Hall–Kier alpha value is -2.15. The fraction of sp³-hybridized carbons (Fsp3) is 0.708. The predicted octanol–water partition coefficient (Wildman–Crippen LogP) is 4.42. The smallest absolute Gasteiger partial charge is 0.407 e. The fourth-order valence-electron chi connectivity index (χ4n) is 2.93. The van der Waals surface area contributed by atoms with Crippen molar-refractivity contribution >= 4 is 17.8 Å². The first-order chi connectivity index (χ1) is 14.5. The van der Waals surface area contributed by atoms with Crippen molar-refractivity contribution in [3.63, 3.8) is 0 Å². The highest BCUT2D eigenvalue weighted by atomic mass is 16.6. The van der Waals surface area contributed by atoms with Crippen LogP contribution in [0.25, 0.3) is 0 Å². The van der Waals surface area contributed by atoms with Crippen molar-refractivity contribution < 1.29 is 23.9 Å². The number of allylic oxidation sites excluding steroid dienone is 2. The Labute approximate surface area is 188 Å². The first-order valence-corrected chi connectivity index (χ1v) is 11.1. The van der Waals surface area contributed by atoms with Crippen molar-refractivity contribution in [3.8, 4) is 0 Å². The molecule has 7 heteroatoms. The Morgan fingerprint density at radius 2 is 1.71 bits per heavy atom. The first-order valence-electron chi connectivity index (χ1n) is 11.1. The Bertz CT molecular complexity index is 618. The summed E-state index contributed by atoms with van der Waals surface area (Å²) >= 11 is 0. The minimum atomic E-state index is -0.513. The van der Waals surface area contributed by atoms with Crippen LogP contribution < -0.4 is 5.32 Å². The van der Waals surface area contributed by atoms with Gasteiger partial charge in [-0.25, -0.2) is 4.79 Å². The van der Waals surface area contributed by atoms with Gasteiger partial charge in [-0.2, -0.15) is 0 Å². The predicted molar refractivity (Wildman–Crippen MR) is 124 cm³/mol. The second-order valence-corrected chi connectivity index (χ2v) is 8.75. The third-order valence-electron chi connectivity index (χ3n) is 4.52. The van der Waals surface area contributed by atoms with Crippen LogP contribution in [0.4, 0.5) is 4.79 Å². The number of carbonyl (C=O) groups is 3. The second kappa shape index (κ2) is 15.6. The van der Waals surface area contributed by atoms with Crippen molar-refractivity contribution in [2.75, 3.05) is 27.2 Å². The molecule has 31 heavy (non-hydrogen) atoms. The van der Waals surface area contributed by atoms with Crippen LogP contribution in [0.3, 0.4) is 0 Å². The molecule has 1 unspecified atom stereocenters. The number of ketones is 1. The van der Waals surface area contributed by atoms with Crippen LogP contribution in [-0.2, 0) is 19.1 Å². The molecular weight excluding hydrogens is 396 g/mol. The zero-order valence-electron chi connectivity index (χ0n) is 20.5.